The summed E-state index contributed by atoms with van der Waals surface area (Å²) in [6, 6.07) is 0. The SMILES string of the molecule is CCC1CC1C1CCC2C3CC=C4CC(O)CCC4(C)C3CCC12C. The van der Waals surface area contributed by atoms with E-state index in [2.05, 4.69) is 26.8 Å². The van der Waals surface area contributed by atoms with E-state index < -0.39 is 0 Å². The van der Waals surface area contributed by atoms with E-state index in [0.717, 1.165) is 48.3 Å². The van der Waals surface area contributed by atoms with Gasteiger partial charge in [0.25, 0.3) is 0 Å². The molecule has 25 heavy (non-hydrogen) atoms. The summed E-state index contributed by atoms with van der Waals surface area (Å²) in [4.78, 5) is 0. The molecule has 5 rings (SSSR count). The lowest BCUT2D eigenvalue weighted by Crippen LogP contribution is -2.50. The highest BCUT2D eigenvalue weighted by Gasteiger charge is 2.61. The van der Waals surface area contributed by atoms with Crippen LogP contribution < -0.4 is 0 Å². The van der Waals surface area contributed by atoms with Crippen molar-refractivity contribution in [2.45, 2.75) is 91.1 Å². The third-order valence-corrected chi connectivity index (χ3v) is 10.2. The monoisotopic (exact) mass is 342 g/mol. The Kier molecular flexibility index (Phi) is 3.77. The van der Waals surface area contributed by atoms with Gasteiger partial charge in [0.2, 0.25) is 0 Å². The van der Waals surface area contributed by atoms with Crippen molar-refractivity contribution in [3.63, 3.8) is 0 Å². The van der Waals surface area contributed by atoms with Gasteiger partial charge in [-0.3, -0.25) is 0 Å². The zero-order valence-electron chi connectivity index (χ0n) is 16.6. The molecule has 0 aromatic carbocycles. The molecule has 5 aliphatic carbocycles. The minimum absolute atomic E-state index is 0.0681. The van der Waals surface area contributed by atoms with Crippen LogP contribution in [0.25, 0.3) is 0 Å². The van der Waals surface area contributed by atoms with Crippen molar-refractivity contribution in [2.75, 3.05) is 0 Å². The summed E-state index contributed by atoms with van der Waals surface area (Å²) in [6.07, 6.45) is 16.0. The molecule has 4 saturated carbocycles. The molecule has 0 aliphatic heterocycles. The van der Waals surface area contributed by atoms with Crippen molar-refractivity contribution < 1.29 is 5.11 Å². The minimum Gasteiger partial charge on any atom is -0.393 e. The van der Waals surface area contributed by atoms with Crippen molar-refractivity contribution in [1.82, 2.24) is 0 Å². The van der Waals surface area contributed by atoms with E-state index in [4.69, 9.17) is 0 Å². The quantitative estimate of drug-likeness (QED) is 0.613. The summed E-state index contributed by atoms with van der Waals surface area (Å²) in [5, 5.41) is 10.2. The zero-order valence-corrected chi connectivity index (χ0v) is 16.6. The first-order chi connectivity index (χ1) is 12.0. The molecule has 0 aromatic heterocycles. The smallest absolute Gasteiger partial charge is 0.0577 e. The Morgan fingerprint density at radius 2 is 1.76 bits per heavy atom. The lowest BCUT2D eigenvalue weighted by molar-refractivity contribution is -0.0531. The van der Waals surface area contributed by atoms with Gasteiger partial charge in [-0.15, -0.1) is 0 Å². The van der Waals surface area contributed by atoms with Crippen LogP contribution in [-0.4, -0.2) is 11.2 Å². The van der Waals surface area contributed by atoms with Crippen LogP contribution in [0.15, 0.2) is 11.6 Å². The van der Waals surface area contributed by atoms with Crippen molar-refractivity contribution in [3.8, 4) is 0 Å². The van der Waals surface area contributed by atoms with Crippen molar-refractivity contribution in [1.29, 1.82) is 0 Å². The van der Waals surface area contributed by atoms with Crippen LogP contribution in [0.4, 0.5) is 0 Å². The molecule has 140 valence electrons. The van der Waals surface area contributed by atoms with Gasteiger partial charge in [-0.2, -0.15) is 0 Å². The molecule has 0 saturated heterocycles. The van der Waals surface area contributed by atoms with Gasteiger partial charge in [-0.1, -0.05) is 38.8 Å². The maximum Gasteiger partial charge on any atom is 0.0577 e. The molecule has 0 radical (unpaired) electrons. The van der Waals surface area contributed by atoms with Gasteiger partial charge >= 0.3 is 0 Å². The molecule has 0 amide bonds. The molecule has 4 fully saturated rings. The molecule has 1 N–H and O–H groups in total. The maximum atomic E-state index is 10.2. The fraction of sp³-hybridized carbons (Fsp3) is 0.917. The van der Waals surface area contributed by atoms with E-state index in [9.17, 15) is 5.11 Å². The first-order valence-electron chi connectivity index (χ1n) is 11.3. The van der Waals surface area contributed by atoms with Crippen molar-refractivity contribution >= 4 is 0 Å². The average Bonchev–Trinajstić information content (AvgIpc) is 3.28. The highest BCUT2D eigenvalue weighted by molar-refractivity contribution is 5.25. The van der Waals surface area contributed by atoms with E-state index in [0.29, 0.717) is 10.8 Å². The summed E-state index contributed by atoms with van der Waals surface area (Å²) in [6.45, 7) is 7.66. The summed E-state index contributed by atoms with van der Waals surface area (Å²) < 4.78 is 0. The van der Waals surface area contributed by atoms with Crippen LogP contribution in [0.1, 0.15) is 85.0 Å². The van der Waals surface area contributed by atoms with Crippen molar-refractivity contribution in [2.24, 2.45) is 46.3 Å². The largest absolute Gasteiger partial charge is 0.393 e. The Labute approximate surface area is 154 Å². The van der Waals surface area contributed by atoms with E-state index in [1.54, 1.807) is 5.57 Å². The molecule has 0 heterocycles. The maximum absolute atomic E-state index is 10.2. The van der Waals surface area contributed by atoms with Crippen LogP contribution in [0.3, 0.4) is 0 Å². The Balaban J connectivity index is 1.42. The standard InChI is InChI=1S/C24H38O/c1-4-15-13-19(15)21-8-7-20-18-6-5-16-14-17(25)9-11-23(16,2)22(18)10-12-24(20,21)3/h5,15,17-22,25H,4,6-14H2,1-3H3. The highest BCUT2D eigenvalue weighted by atomic mass is 16.3. The first kappa shape index (κ1) is 16.8. The van der Waals surface area contributed by atoms with Crippen LogP contribution in [0.2, 0.25) is 0 Å². The number of allylic oxidation sites excluding steroid dienone is 1. The lowest BCUT2D eigenvalue weighted by atomic mass is 9.47. The zero-order chi connectivity index (χ0) is 17.4. The lowest BCUT2D eigenvalue weighted by Gasteiger charge is -2.58. The van der Waals surface area contributed by atoms with E-state index in [1.807, 2.05) is 0 Å². The van der Waals surface area contributed by atoms with Gasteiger partial charge < -0.3 is 5.11 Å². The van der Waals surface area contributed by atoms with Crippen LogP contribution >= 0.6 is 0 Å². The molecular weight excluding hydrogens is 304 g/mol. The van der Waals surface area contributed by atoms with Gasteiger partial charge in [0.15, 0.2) is 0 Å². The summed E-state index contributed by atoms with van der Waals surface area (Å²) in [5.74, 6) is 6.00. The third kappa shape index (κ3) is 2.30. The molecule has 0 aromatic rings. The van der Waals surface area contributed by atoms with Crippen LogP contribution in [-0.2, 0) is 0 Å². The van der Waals surface area contributed by atoms with Crippen molar-refractivity contribution in [3.05, 3.63) is 11.6 Å². The predicted octanol–water partition coefficient (Wildman–Crippen LogP) is 5.97. The van der Waals surface area contributed by atoms with Gasteiger partial charge in [0.05, 0.1) is 6.10 Å². The highest BCUT2D eigenvalue weighted by Crippen LogP contribution is 2.69. The van der Waals surface area contributed by atoms with Gasteiger partial charge in [-0.05, 0) is 104 Å². The Morgan fingerprint density at radius 1 is 1.00 bits per heavy atom. The van der Waals surface area contributed by atoms with E-state index >= 15 is 0 Å². The molecule has 9 unspecified atom stereocenters. The minimum atomic E-state index is -0.0681. The molecule has 1 heteroatoms. The second-order valence-electron chi connectivity index (χ2n) is 11.0. The second-order valence-corrected chi connectivity index (χ2v) is 11.0. The molecule has 1 nitrogen and oxygen atoms in total. The molecule has 0 bridgehead atoms. The van der Waals surface area contributed by atoms with Crippen LogP contribution in [0.5, 0.6) is 0 Å². The fourth-order valence-electron chi connectivity index (χ4n) is 8.62. The number of aliphatic hydroxyl groups excluding tert-OH is 1. The molecule has 9 atom stereocenters. The Hall–Kier alpha value is -0.300. The Morgan fingerprint density at radius 3 is 2.48 bits per heavy atom. The number of fused-ring (bicyclic) bond motifs is 5. The number of hydrogen-bond donors (Lipinski definition) is 1. The molecule has 0 spiro atoms. The second kappa shape index (κ2) is 5.60. The molecule has 5 aliphatic rings. The number of hydrogen-bond acceptors (Lipinski definition) is 1. The topological polar surface area (TPSA) is 20.2 Å². The number of rotatable bonds is 2. The predicted molar refractivity (Wildman–Crippen MR) is 103 cm³/mol. The van der Waals surface area contributed by atoms with Gasteiger partial charge in [-0.25, -0.2) is 0 Å². The fourth-order valence-corrected chi connectivity index (χ4v) is 8.62. The van der Waals surface area contributed by atoms with E-state index in [1.165, 1.54) is 51.4 Å². The normalized spacial score (nSPS) is 57.3. The Bertz CT molecular complexity index is 579. The van der Waals surface area contributed by atoms with Crippen LogP contribution in [0, 0.1) is 46.3 Å². The van der Waals surface area contributed by atoms with E-state index in [-0.39, 0.29) is 6.10 Å². The van der Waals surface area contributed by atoms with Gasteiger partial charge in [0.1, 0.15) is 0 Å². The first-order valence-corrected chi connectivity index (χ1v) is 11.3. The van der Waals surface area contributed by atoms with Gasteiger partial charge in [0, 0.05) is 0 Å². The summed E-state index contributed by atoms with van der Waals surface area (Å²) in [7, 11) is 0. The average molecular weight is 343 g/mol. The summed E-state index contributed by atoms with van der Waals surface area (Å²) >= 11 is 0. The third-order valence-electron chi connectivity index (χ3n) is 10.2. The molecular formula is C24H38O. The number of aliphatic hydroxyl groups is 1. The summed E-state index contributed by atoms with van der Waals surface area (Å²) in [5.41, 5.74) is 2.68.